The molecule has 0 saturated heterocycles. The minimum atomic E-state index is 0.788. The van der Waals surface area contributed by atoms with Gasteiger partial charge in [-0.05, 0) is 6.42 Å². The van der Waals surface area contributed by atoms with E-state index >= 15 is 0 Å². The van der Waals surface area contributed by atoms with Crippen molar-refractivity contribution in [1.29, 1.82) is 0 Å². The van der Waals surface area contributed by atoms with E-state index in [-0.39, 0.29) is 0 Å². The Labute approximate surface area is 49.9 Å². The van der Waals surface area contributed by atoms with Crippen LogP contribution in [-0.4, -0.2) is 27.4 Å². The highest BCUT2D eigenvalue weighted by Gasteiger charge is 1.81. The summed E-state index contributed by atoms with van der Waals surface area (Å²) in [5, 5.41) is 0. The Bertz CT molecular complexity index is 35.4. The lowest BCUT2D eigenvalue weighted by Gasteiger charge is -1.98. The zero-order valence-electron chi connectivity index (χ0n) is 5.44. The van der Waals surface area contributed by atoms with E-state index in [0.29, 0.717) is 0 Å². The Balaban J connectivity index is 2.53. The van der Waals surface area contributed by atoms with E-state index in [0.717, 1.165) is 19.6 Å². The molecule has 0 aliphatic rings. The maximum Gasteiger partial charge on any atom is 0.0572 e. The molecule has 3 heteroatoms. The topological polar surface area (TPSA) is 30.5 Å². The number of hydrogen-bond donors (Lipinski definition) is 1. The summed E-state index contributed by atoms with van der Waals surface area (Å²) >= 11 is 0. The Morgan fingerprint density at radius 2 is 2.12 bits per heavy atom. The van der Waals surface area contributed by atoms with Crippen molar-refractivity contribution in [3.63, 3.8) is 0 Å². The fraction of sp³-hybridized carbons (Fsp3) is 1.00. The van der Waals surface area contributed by atoms with Crippen LogP contribution in [0.25, 0.3) is 0 Å². The van der Waals surface area contributed by atoms with E-state index in [1.807, 2.05) is 0 Å². The van der Waals surface area contributed by atoms with Gasteiger partial charge in [0.2, 0.25) is 0 Å². The fourth-order valence-electron chi connectivity index (χ4n) is 0.391. The van der Waals surface area contributed by atoms with Crippen molar-refractivity contribution in [3.05, 3.63) is 0 Å². The predicted molar refractivity (Wildman–Crippen MR) is 31.5 cm³/mol. The first-order chi connectivity index (χ1) is 3.91. The summed E-state index contributed by atoms with van der Waals surface area (Å²) in [5.74, 6) is 0. The minimum absolute atomic E-state index is 0.788. The molecule has 3 nitrogen and oxygen atoms in total. The van der Waals surface area contributed by atoms with Crippen LogP contribution < -0.4 is 5.48 Å². The molecule has 0 aromatic carbocycles. The molecule has 0 radical (unpaired) electrons. The van der Waals surface area contributed by atoms with Crippen LogP contribution in [0.2, 0.25) is 0 Å². The standard InChI is InChI=1S/C5H13NO2/c1-7-5-3-4-6-8-2/h6H,3-5H2,1-2H3. The number of methoxy groups -OCH3 is 1. The molecule has 0 atom stereocenters. The van der Waals surface area contributed by atoms with Gasteiger partial charge in [0.15, 0.2) is 0 Å². The highest BCUT2D eigenvalue weighted by molar-refractivity contribution is 4.33. The molecular weight excluding hydrogens is 106 g/mol. The molecule has 0 spiro atoms. The van der Waals surface area contributed by atoms with Gasteiger partial charge in [0.05, 0.1) is 7.11 Å². The van der Waals surface area contributed by atoms with Crippen LogP contribution in [0.15, 0.2) is 0 Å². The van der Waals surface area contributed by atoms with Crippen molar-refractivity contribution in [1.82, 2.24) is 5.48 Å². The third kappa shape index (κ3) is 5.88. The molecule has 50 valence electrons. The molecule has 0 aromatic rings. The lowest BCUT2D eigenvalue weighted by Crippen LogP contribution is -2.14. The van der Waals surface area contributed by atoms with Gasteiger partial charge < -0.3 is 9.57 Å². The third-order valence-electron chi connectivity index (χ3n) is 0.772. The monoisotopic (exact) mass is 119 g/mol. The number of rotatable bonds is 5. The first-order valence-electron chi connectivity index (χ1n) is 2.66. The molecule has 0 saturated carbocycles. The van der Waals surface area contributed by atoms with Gasteiger partial charge in [-0.15, -0.1) is 0 Å². The molecule has 0 aliphatic heterocycles. The largest absolute Gasteiger partial charge is 0.385 e. The van der Waals surface area contributed by atoms with Crippen LogP contribution in [0.5, 0.6) is 0 Å². The molecule has 0 aliphatic carbocycles. The van der Waals surface area contributed by atoms with E-state index in [1.54, 1.807) is 14.2 Å². The van der Waals surface area contributed by atoms with Crippen LogP contribution in [0, 0.1) is 0 Å². The fourth-order valence-corrected chi connectivity index (χ4v) is 0.391. The van der Waals surface area contributed by atoms with Crippen molar-refractivity contribution >= 4 is 0 Å². The molecule has 0 unspecified atom stereocenters. The van der Waals surface area contributed by atoms with E-state index in [1.165, 1.54) is 0 Å². The van der Waals surface area contributed by atoms with Crippen molar-refractivity contribution in [2.75, 3.05) is 27.4 Å². The van der Waals surface area contributed by atoms with Gasteiger partial charge in [0.1, 0.15) is 0 Å². The van der Waals surface area contributed by atoms with E-state index in [2.05, 4.69) is 10.3 Å². The Morgan fingerprint density at radius 1 is 1.38 bits per heavy atom. The molecule has 0 heterocycles. The summed E-state index contributed by atoms with van der Waals surface area (Å²) in [6, 6.07) is 0. The summed E-state index contributed by atoms with van der Waals surface area (Å²) in [5.41, 5.74) is 2.70. The number of ether oxygens (including phenoxy) is 1. The predicted octanol–water partition coefficient (Wildman–Crippen LogP) is 0.174. The lowest BCUT2D eigenvalue weighted by atomic mass is 10.5. The van der Waals surface area contributed by atoms with Gasteiger partial charge in [0, 0.05) is 20.3 Å². The minimum Gasteiger partial charge on any atom is -0.385 e. The van der Waals surface area contributed by atoms with Gasteiger partial charge in [0.25, 0.3) is 0 Å². The normalized spacial score (nSPS) is 9.75. The van der Waals surface area contributed by atoms with Gasteiger partial charge in [-0.25, -0.2) is 5.48 Å². The highest BCUT2D eigenvalue weighted by Crippen LogP contribution is 1.74. The average Bonchev–Trinajstić information content (AvgIpc) is 1.81. The van der Waals surface area contributed by atoms with Gasteiger partial charge in [-0.2, -0.15) is 0 Å². The van der Waals surface area contributed by atoms with E-state index in [4.69, 9.17) is 4.74 Å². The zero-order chi connectivity index (χ0) is 6.24. The van der Waals surface area contributed by atoms with Crippen LogP contribution in [0.3, 0.4) is 0 Å². The van der Waals surface area contributed by atoms with Crippen LogP contribution in [0.4, 0.5) is 0 Å². The molecule has 1 N–H and O–H groups in total. The molecular formula is C5H13NO2. The first-order valence-corrected chi connectivity index (χ1v) is 2.66. The highest BCUT2D eigenvalue weighted by atomic mass is 16.6. The molecule has 0 amide bonds. The molecule has 0 aromatic heterocycles. The lowest BCUT2D eigenvalue weighted by molar-refractivity contribution is 0.0827. The summed E-state index contributed by atoms with van der Waals surface area (Å²) in [6.45, 7) is 1.64. The third-order valence-corrected chi connectivity index (χ3v) is 0.772. The van der Waals surface area contributed by atoms with E-state index < -0.39 is 0 Å². The van der Waals surface area contributed by atoms with Crippen LogP contribution in [0.1, 0.15) is 6.42 Å². The maximum atomic E-state index is 4.79. The van der Waals surface area contributed by atoms with Crippen molar-refractivity contribution in [2.45, 2.75) is 6.42 Å². The Morgan fingerprint density at radius 3 is 2.62 bits per heavy atom. The molecule has 0 fully saturated rings. The molecule has 8 heavy (non-hydrogen) atoms. The second-order valence-corrected chi connectivity index (χ2v) is 1.44. The summed E-state index contributed by atoms with van der Waals surface area (Å²) in [6.07, 6.45) is 0.990. The number of hydroxylamine groups is 1. The van der Waals surface area contributed by atoms with Gasteiger partial charge in [-0.1, -0.05) is 0 Å². The van der Waals surface area contributed by atoms with Gasteiger partial charge in [-0.3, -0.25) is 0 Å². The Kier molecular flexibility index (Phi) is 6.78. The van der Waals surface area contributed by atoms with Crippen molar-refractivity contribution < 1.29 is 9.57 Å². The van der Waals surface area contributed by atoms with Crippen LogP contribution >= 0.6 is 0 Å². The molecule has 0 rings (SSSR count). The summed E-state index contributed by atoms with van der Waals surface area (Å²) in [4.78, 5) is 4.58. The summed E-state index contributed by atoms with van der Waals surface area (Å²) in [7, 11) is 3.29. The average molecular weight is 119 g/mol. The second kappa shape index (κ2) is 6.88. The SMILES string of the molecule is COCCCNOC. The van der Waals surface area contributed by atoms with E-state index in [9.17, 15) is 0 Å². The smallest absolute Gasteiger partial charge is 0.0572 e. The summed E-state index contributed by atoms with van der Waals surface area (Å²) < 4.78 is 4.79. The first kappa shape index (κ1) is 7.88. The number of nitrogens with one attached hydrogen (secondary N) is 1. The quantitative estimate of drug-likeness (QED) is 0.413. The van der Waals surface area contributed by atoms with Crippen LogP contribution in [-0.2, 0) is 9.57 Å². The Hall–Kier alpha value is -0.120. The molecule has 0 bridgehead atoms. The van der Waals surface area contributed by atoms with Gasteiger partial charge >= 0.3 is 0 Å². The maximum absolute atomic E-state index is 4.79. The van der Waals surface area contributed by atoms with Crippen molar-refractivity contribution in [2.24, 2.45) is 0 Å². The van der Waals surface area contributed by atoms with Crippen molar-refractivity contribution in [3.8, 4) is 0 Å². The second-order valence-electron chi connectivity index (χ2n) is 1.44. The zero-order valence-corrected chi connectivity index (χ0v) is 5.44. The number of hydrogen-bond acceptors (Lipinski definition) is 3.